The van der Waals surface area contributed by atoms with E-state index in [0.717, 1.165) is 15.9 Å². The second kappa shape index (κ2) is 7.25. The van der Waals surface area contributed by atoms with Crippen LogP contribution >= 0.6 is 0 Å². The lowest BCUT2D eigenvalue weighted by molar-refractivity contribution is -0.106. The van der Waals surface area contributed by atoms with Gasteiger partial charge in [-0.05, 0) is 6.42 Å². The average Bonchev–Trinajstić information content (AvgIpc) is 1.99. The highest BCUT2D eigenvalue weighted by molar-refractivity contribution is 6.33. The molecular formula is C7H16O2Si. The van der Waals surface area contributed by atoms with Crippen molar-refractivity contribution in [1.29, 1.82) is 0 Å². The zero-order valence-corrected chi connectivity index (χ0v) is 8.02. The molecule has 0 fully saturated rings. The summed E-state index contributed by atoms with van der Waals surface area (Å²) >= 11 is 0. The molecule has 10 heavy (non-hydrogen) atoms. The fraction of sp³-hybridized carbons (Fsp3) is 1.00. The van der Waals surface area contributed by atoms with E-state index in [9.17, 15) is 0 Å². The Morgan fingerprint density at radius 2 is 1.90 bits per heavy atom. The maximum atomic E-state index is 5.03. The maximum absolute atomic E-state index is 5.03. The van der Waals surface area contributed by atoms with E-state index in [1.54, 1.807) is 14.2 Å². The SMILES string of the molecule is COC(CCC[Si]C)OC. The van der Waals surface area contributed by atoms with Crippen molar-refractivity contribution in [3.63, 3.8) is 0 Å². The number of hydrogen-bond donors (Lipinski definition) is 0. The molecule has 0 bridgehead atoms. The quantitative estimate of drug-likeness (QED) is 0.333. The van der Waals surface area contributed by atoms with Gasteiger partial charge in [-0.3, -0.25) is 0 Å². The first-order valence-electron chi connectivity index (χ1n) is 3.55. The first-order chi connectivity index (χ1) is 4.85. The molecule has 0 N–H and O–H groups in total. The minimum Gasteiger partial charge on any atom is -0.356 e. The Morgan fingerprint density at radius 1 is 1.30 bits per heavy atom. The molecule has 0 heterocycles. The molecular weight excluding hydrogens is 144 g/mol. The predicted molar refractivity (Wildman–Crippen MR) is 43.5 cm³/mol. The van der Waals surface area contributed by atoms with Crippen LogP contribution in [-0.2, 0) is 9.47 Å². The molecule has 0 saturated carbocycles. The van der Waals surface area contributed by atoms with Crippen molar-refractivity contribution in [2.45, 2.75) is 31.7 Å². The van der Waals surface area contributed by atoms with E-state index in [2.05, 4.69) is 6.55 Å². The number of ether oxygens (including phenoxy) is 2. The molecule has 60 valence electrons. The largest absolute Gasteiger partial charge is 0.356 e. The molecule has 2 radical (unpaired) electrons. The van der Waals surface area contributed by atoms with Crippen LogP contribution in [0.2, 0.25) is 12.6 Å². The van der Waals surface area contributed by atoms with E-state index >= 15 is 0 Å². The third-order valence-corrected chi connectivity index (χ3v) is 2.25. The van der Waals surface area contributed by atoms with Crippen molar-refractivity contribution in [3.8, 4) is 0 Å². The topological polar surface area (TPSA) is 18.5 Å². The fourth-order valence-corrected chi connectivity index (χ4v) is 1.34. The Morgan fingerprint density at radius 3 is 2.30 bits per heavy atom. The van der Waals surface area contributed by atoms with Crippen LogP contribution in [0.15, 0.2) is 0 Å². The molecule has 0 aromatic heterocycles. The van der Waals surface area contributed by atoms with Gasteiger partial charge in [0, 0.05) is 23.7 Å². The molecule has 0 amide bonds. The van der Waals surface area contributed by atoms with E-state index in [1.165, 1.54) is 12.5 Å². The first kappa shape index (κ1) is 10.1. The summed E-state index contributed by atoms with van der Waals surface area (Å²) in [6.07, 6.45) is 2.24. The summed E-state index contributed by atoms with van der Waals surface area (Å²) in [5, 5.41) is 0. The van der Waals surface area contributed by atoms with Gasteiger partial charge in [-0.1, -0.05) is 19.0 Å². The van der Waals surface area contributed by atoms with E-state index in [4.69, 9.17) is 9.47 Å². The van der Waals surface area contributed by atoms with Crippen molar-refractivity contribution in [2.24, 2.45) is 0 Å². The van der Waals surface area contributed by atoms with Crippen LogP contribution in [-0.4, -0.2) is 30.0 Å². The Hall–Kier alpha value is 0.137. The number of hydrogen-bond acceptors (Lipinski definition) is 2. The highest BCUT2D eigenvalue weighted by atomic mass is 28.2. The molecule has 2 nitrogen and oxygen atoms in total. The van der Waals surface area contributed by atoms with Crippen molar-refractivity contribution in [1.82, 2.24) is 0 Å². The molecule has 0 atom stereocenters. The summed E-state index contributed by atoms with van der Waals surface area (Å²) in [7, 11) is 4.41. The van der Waals surface area contributed by atoms with Gasteiger partial charge in [0.15, 0.2) is 6.29 Å². The molecule has 0 saturated heterocycles. The molecule has 0 unspecified atom stereocenters. The molecule has 0 aliphatic heterocycles. The third kappa shape index (κ3) is 4.96. The first-order valence-corrected chi connectivity index (χ1v) is 5.26. The lowest BCUT2D eigenvalue weighted by atomic mass is 10.3. The molecule has 0 aromatic rings. The highest BCUT2D eigenvalue weighted by Gasteiger charge is 2.02. The van der Waals surface area contributed by atoms with Crippen LogP contribution < -0.4 is 0 Å². The monoisotopic (exact) mass is 160 g/mol. The molecule has 0 aliphatic carbocycles. The van der Waals surface area contributed by atoms with Gasteiger partial charge in [0.1, 0.15) is 0 Å². The lowest BCUT2D eigenvalue weighted by Crippen LogP contribution is -2.12. The van der Waals surface area contributed by atoms with Crippen LogP contribution in [0.25, 0.3) is 0 Å². The van der Waals surface area contributed by atoms with Gasteiger partial charge in [0.05, 0.1) is 0 Å². The summed E-state index contributed by atoms with van der Waals surface area (Å²) in [6.45, 7) is 2.22. The zero-order chi connectivity index (χ0) is 7.82. The Balaban J connectivity index is 3.09. The summed E-state index contributed by atoms with van der Waals surface area (Å²) in [6, 6.07) is 1.29. The van der Waals surface area contributed by atoms with Crippen LogP contribution in [0.3, 0.4) is 0 Å². The second-order valence-corrected chi connectivity index (χ2v) is 3.35. The van der Waals surface area contributed by atoms with Crippen molar-refractivity contribution >= 4 is 9.52 Å². The maximum Gasteiger partial charge on any atom is 0.156 e. The van der Waals surface area contributed by atoms with Gasteiger partial charge in [-0.2, -0.15) is 0 Å². The normalized spacial score (nSPS) is 10.8. The lowest BCUT2D eigenvalue weighted by Gasteiger charge is -2.11. The summed E-state index contributed by atoms with van der Waals surface area (Å²) in [4.78, 5) is 0. The molecule has 0 aliphatic rings. The molecule has 0 aromatic carbocycles. The predicted octanol–water partition coefficient (Wildman–Crippen LogP) is 1.56. The minimum atomic E-state index is 0.0105. The van der Waals surface area contributed by atoms with Gasteiger partial charge < -0.3 is 9.47 Å². The zero-order valence-electron chi connectivity index (χ0n) is 7.02. The fourth-order valence-electron chi connectivity index (χ4n) is 0.777. The van der Waals surface area contributed by atoms with E-state index in [-0.39, 0.29) is 6.29 Å². The van der Waals surface area contributed by atoms with Gasteiger partial charge in [-0.25, -0.2) is 0 Å². The Labute approximate surface area is 65.7 Å². The highest BCUT2D eigenvalue weighted by Crippen LogP contribution is 2.03. The number of rotatable bonds is 6. The second-order valence-electron chi connectivity index (χ2n) is 2.15. The molecule has 0 spiro atoms. The van der Waals surface area contributed by atoms with Crippen LogP contribution in [0.4, 0.5) is 0 Å². The van der Waals surface area contributed by atoms with Crippen molar-refractivity contribution in [2.75, 3.05) is 14.2 Å². The molecule has 0 rings (SSSR count). The Bertz CT molecular complexity index is 64.6. The summed E-state index contributed by atoms with van der Waals surface area (Å²) < 4.78 is 10.1. The van der Waals surface area contributed by atoms with Crippen LogP contribution in [0, 0.1) is 0 Å². The van der Waals surface area contributed by atoms with Crippen molar-refractivity contribution in [3.05, 3.63) is 0 Å². The standard InChI is InChI=1S/C7H16O2Si/c1-8-7(9-2)5-4-6-10-3/h7H,4-6H2,1-3H3. The van der Waals surface area contributed by atoms with Crippen LogP contribution in [0.5, 0.6) is 0 Å². The van der Waals surface area contributed by atoms with Gasteiger partial charge in [0.25, 0.3) is 0 Å². The summed E-state index contributed by atoms with van der Waals surface area (Å²) in [5.41, 5.74) is 0. The summed E-state index contributed by atoms with van der Waals surface area (Å²) in [5.74, 6) is 0. The van der Waals surface area contributed by atoms with Gasteiger partial charge in [0.2, 0.25) is 0 Å². The Kier molecular flexibility index (Phi) is 7.35. The van der Waals surface area contributed by atoms with Gasteiger partial charge in [-0.15, -0.1) is 0 Å². The number of methoxy groups -OCH3 is 2. The van der Waals surface area contributed by atoms with E-state index in [0.29, 0.717) is 0 Å². The third-order valence-electron chi connectivity index (χ3n) is 1.39. The van der Waals surface area contributed by atoms with Crippen molar-refractivity contribution < 1.29 is 9.47 Å². The average molecular weight is 160 g/mol. The van der Waals surface area contributed by atoms with Crippen LogP contribution in [0.1, 0.15) is 12.8 Å². The van der Waals surface area contributed by atoms with E-state index < -0.39 is 0 Å². The minimum absolute atomic E-state index is 0.0105. The smallest absolute Gasteiger partial charge is 0.156 e. The van der Waals surface area contributed by atoms with Gasteiger partial charge >= 0.3 is 0 Å². The van der Waals surface area contributed by atoms with E-state index in [1.807, 2.05) is 0 Å². The molecule has 3 heteroatoms.